The number of likely N-dealkylation sites (tertiary alicyclic amines) is 1. The maximum absolute atomic E-state index is 12.9. The van der Waals surface area contributed by atoms with Gasteiger partial charge in [0.1, 0.15) is 10.8 Å². The summed E-state index contributed by atoms with van der Waals surface area (Å²) in [7, 11) is 0.170. The van der Waals surface area contributed by atoms with E-state index >= 15 is 0 Å². The number of aryl methyl sites for hydroxylation is 2. The lowest BCUT2D eigenvalue weighted by atomic mass is 9.88. The molecule has 12 heteroatoms. The van der Waals surface area contributed by atoms with E-state index in [9.17, 15) is 8.42 Å². The maximum Gasteiger partial charge on any atom is 0.229 e. The molecule has 3 aromatic rings. The fraction of sp³-hybridized carbons (Fsp3) is 0.500. The summed E-state index contributed by atoms with van der Waals surface area (Å²) < 4.78 is 33.4. The Kier molecular flexibility index (Phi) is 8.20. The second kappa shape index (κ2) is 11.1. The number of anilines is 4. The van der Waals surface area contributed by atoms with Gasteiger partial charge in [0.05, 0.1) is 29.4 Å². The number of ether oxygens (including phenoxy) is 1. The normalized spacial score (nSPS) is 14.7. The molecule has 1 aromatic carbocycles. The third-order valence-electron chi connectivity index (χ3n) is 6.12. The first kappa shape index (κ1) is 28.1. The zero-order chi connectivity index (χ0) is 27.8. The number of benzene rings is 1. The summed E-state index contributed by atoms with van der Waals surface area (Å²) in [6.45, 7) is 11.8. The molecule has 0 radical (unpaired) electrons. The Bertz CT molecular complexity index is 1420. The van der Waals surface area contributed by atoms with Crippen LogP contribution < -0.4 is 15.4 Å². The van der Waals surface area contributed by atoms with Crippen LogP contribution in [0.25, 0.3) is 0 Å². The van der Waals surface area contributed by atoms with Crippen molar-refractivity contribution >= 4 is 44.6 Å². The molecule has 1 saturated heterocycles. The first-order chi connectivity index (χ1) is 17.8. The van der Waals surface area contributed by atoms with Gasteiger partial charge in [-0.2, -0.15) is 10.1 Å². The van der Waals surface area contributed by atoms with Crippen molar-refractivity contribution in [1.82, 2.24) is 24.6 Å². The molecule has 2 N–H and O–H groups in total. The minimum absolute atomic E-state index is 0.0182. The predicted molar refractivity (Wildman–Crippen MR) is 151 cm³/mol. The Labute approximate surface area is 229 Å². The van der Waals surface area contributed by atoms with E-state index in [1.165, 1.54) is 16.4 Å². The van der Waals surface area contributed by atoms with E-state index in [1.54, 1.807) is 13.2 Å². The number of hydrogen-bond acceptors (Lipinski definition) is 9. The number of rotatable bonds is 10. The van der Waals surface area contributed by atoms with E-state index in [1.807, 2.05) is 33.8 Å². The molecule has 1 aliphatic heterocycles. The van der Waals surface area contributed by atoms with Crippen LogP contribution in [0, 0.1) is 12.8 Å². The number of likely N-dealkylation sites (N-methyl/N-ethyl adjacent to an activating group) is 1. The summed E-state index contributed by atoms with van der Waals surface area (Å²) in [6.07, 6.45) is 3.04. The standard InChI is InChI=1S/C26H36ClN7O3S/c1-15(2)14-38(35,36)25-22(13-34(7)32-25)29-24-20(27)10-28-26(31-24)30-21-8-17(5)19(18-11-33(6)12-18)9-23(21)37-16(3)4/h8-10,13,15-16,18H,11-12,14H2,1-7H3,(H2,28,29,30,31). The third-order valence-corrected chi connectivity index (χ3v) is 8.39. The van der Waals surface area contributed by atoms with Crippen molar-refractivity contribution in [1.29, 1.82) is 0 Å². The molecule has 0 amide bonds. The topological polar surface area (TPSA) is 114 Å². The van der Waals surface area contributed by atoms with Crippen molar-refractivity contribution in [3.8, 4) is 5.75 Å². The highest BCUT2D eigenvalue weighted by atomic mass is 35.5. The summed E-state index contributed by atoms with van der Waals surface area (Å²) in [5.41, 5.74) is 3.47. The second-order valence-electron chi connectivity index (χ2n) is 10.6. The Morgan fingerprint density at radius 3 is 2.47 bits per heavy atom. The molecule has 2 aromatic heterocycles. The molecular formula is C26H36ClN7O3S. The van der Waals surface area contributed by atoms with E-state index in [-0.39, 0.29) is 39.6 Å². The zero-order valence-corrected chi connectivity index (χ0v) is 24.5. The summed E-state index contributed by atoms with van der Waals surface area (Å²) in [4.78, 5) is 11.2. The molecule has 206 valence electrons. The van der Waals surface area contributed by atoms with Crippen molar-refractivity contribution in [3.05, 3.63) is 40.7 Å². The van der Waals surface area contributed by atoms with Gasteiger partial charge in [-0.25, -0.2) is 13.4 Å². The van der Waals surface area contributed by atoms with Gasteiger partial charge in [-0.3, -0.25) is 4.68 Å². The fourth-order valence-corrected chi connectivity index (χ4v) is 6.42. The molecule has 0 atom stereocenters. The first-order valence-corrected chi connectivity index (χ1v) is 14.7. The summed E-state index contributed by atoms with van der Waals surface area (Å²) in [5.74, 6) is 1.68. The lowest BCUT2D eigenvalue weighted by molar-refractivity contribution is 0.188. The average molecular weight is 562 g/mol. The summed E-state index contributed by atoms with van der Waals surface area (Å²) in [5, 5.41) is 10.7. The molecule has 0 bridgehead atoms. The molecule has 3 heterocycles. The van der Waals surface area contributed by atoms with Crippen LogP contribution in [-0.4, -0.2) is 65.1 Å². The van der Waals surface area contributed by atoms with E-state index < -0.39 is 9.84 Å². The molecular weight excluding hydrogens is 526 g/mol. The molecule has 0 spiro atoms. The monoisotopic (exact) mass is 561 g/mol. The summed E-state index contributed by atoms with van der Waals surface area (Å²) >= 11 is 6.40. The van der Waals surface area contributed by atoms with Crippen LogP contribution in [0.5, 0.6) is 5.75 Å². The van der Waals surface area contributed by atoms with E-state index in [0.29, 0.717) is 11.6 Å². The minimum atomic E-state index is -3.61. The number of halogens is 1. The Hall–Kier alpha value is -2.89. The highest BCUT2D eigenvalue weighted by molar-refractivity contribution is 7.91. The van der Waals surface area contributed by atoms with Crippen LogP contribution in [0.4, 0.5) is 23.1 Å². The van der Waals surface area contributed by atoms with Crippen molar-refractivity contribution in [2.75, 3.05) is 36.5 Å². The fourth-order valence-electron chi connectivity index (χ4n) is 4.55. The smallest absolute Gasteiger partial charge is 0.229 e. The molecule has 4 rings (SSSR count). The quantitative estimate of drug-likeness (QED) is 0.356. The molecule has 0 unspecified atom stereocenters. The lowest BCUT2D eigenvalue weighted by Crippen LogP contribution is -2.42. The van der Waals surface area contributed by atoms with Crippen LogP contribution in [0.1, 0.15) is 44.7 Å². The maximum atomic E-state index is 12.9. The van der Waals surface area contributed by atoms with Gasteiger partial charge in [-0.15, -0.1) is 0 Å². The number of hydrogen-bond donors (Lipinski definition) is 2. The van der Waals surface area contributed by atoms with Gasteiger partial charge in [0, 0.05) is 32.3 Å². The zero-order valence-electron chi connectivity index (χ0n) is 22.9. The number of nitrogens with one attached hydrogen (secondary N) is 2. The Balaban J connectivity index is 1.64. The lowest BCUT2D eigenvalue weighted by Gasteiger charge is -2.37. The van der Waals surface area contributed by atoms with Crippen LogP contribution in [0.15, 0.2) is 29.6 Å². The van der Waals surface area contributed by atoms with Crippen molar-refractivity contribution in [2.45, 2.75) is 51.7 Å². The predicted octanol–water partition coefficient (Wildman–Crippen LogP) is 4.91. The van der Waals surface area contributed by atoms with E-state index in [2.05, 4.69) is 50.6 Å². The van der Waals surface area contributed by atoms with E-state index in [0.717, 1.165) is 30.1 Å². The first-order valence-electron chi connectivity index (χ1n) is 12.6. The number of sulfone groups is 1. The molecule has 38 heavy (non-hydrogen) atoms. The third kappa shape index (κ3) is 6.39. The highest BCUT2D eigenvalue weighted by Gasteiger charge is 2.28. The molecule has 10 nitrogen and oxygen atoms in total. The highest BCUT2D eigenvalue weighted by Crippen LogP contribution is 2.37. The Morgan fingerprint density at radius 1 is 1.13 bits per heavy atom. The van der Waals surface area contributed by atoms with Gasteiger partial charge >= 0.3 is 0 Å². The van der Waals surface area contributed by atoms with Crippen LogP contribution in [-0.2, 0) is 16.9 Å². The van der Waals surface area contributed by atoms with Gasteiger partial charge < -0.3 is 20.3 Å². The van der Waals surface area contributed by atoms with Gasteiger partial charge in [0.25, 0.3) is 0 Å². The van der Waals surface area contributed by atoms with Crippen LogP contribution in [0.3, 0.4) is 0 Å². The molecule has 0 saturated carbocycles. The molecule has 1 fully saturated rings. The van der Waals surface area contributed by atoms with Gasteiger partial charge in [0.15, 0.2) is 15.7 Å². The number of aromatic nitrogens is 4. The summed E-state index contributed by atoms with van der Waals surface area (Å²) in [6, 6.07) is 4.15. The Morgan fingerprint density at radius 2 is 1.84 bits per heavy atom. The number of nitrogens with zero attached hydrogens (tertiary/aromatic N) is 5. The van der Waals surface area contributed by atoms with Gasteiger partial charge in [0.2, 0.25) is 11.0 Å². The second-order valence-corrected chi connectivity index (χ2v) is 13.0. The molecule has 0 aliphatic carbocycles. The minimum Gasteiger partial charge on any atom is -0.489 e. The molecule has 1 aliphatic rings. The van der Waals surface area contributed by atoms with Crippen LogP contribution in [0.2, 0.25) is 5.02 Å². The van der Waals surface area contributed by atoms with Gasteiger partial charge in [-0.1, -0.05) is 25.4 Å². The van der Waals surface area contributed by atoms with Crippen molar-refractivity contribution in [3.63, 3.8) is 0 Å². The average Bonchev–Trinajstić information content (AvgIpc) is 3.16. The van der Waals surface area contributed by atoms with Crippen molar-refractivity contribution < 1.29 is 13.2 Å². The van der Waals surface area contributed by atoms with Gasteiger partial charge in [-0.05, 0) is 57.0 Å². The van der Waals surface area contributed by atoms with E-state index in [4.69, 9.17) is 16.3 Å². The largest absolute Gasteiger partial charge is 0.489 e. The van der Waals surface area contributed by atoms with Crippen molar-refractivity contribution in [2.24, 2.45) is 13.0 Å². The van der Waals surface area contributed by atoms with Crippen LogP contribution >= 0.6 is 11.6 Å². The SMILES string of the molecule is Cc1cc(Nc2ncc(Cl)c(Nc3cn(C)nc3S(=O)(=O)CC(C)C)n2)c(OC(C)C)cc1C1CN(C)C1.